The normalized spacial score (nSPS) is 12.2. The highest BCUT2D eigenvalue weighted by atomic mass is 32.2. The number of sulfonamides is 1. The molecule has 2 aromatic carbocycles. The lowest BCUT2D eigenvalue weighted by molar-refractivity contribution is -0.141. The molecule has 0 aliphatic carbocycles. The Hall–Kier alpha value is -3.08. The number of thiophene rings is 1. The van der Waals surface area contributed by atoms with Crippen molar-refractivity contribution in [1.29, 1.82) is 0 Å². The number of hydrogen-bond donors (Lipinski definition) is 2. The maximum atomic E-state index is 13.3. The zero-order valence-corrected chi connectivity index (χ0v) is 19.4. The van der Waals surface area contributed by atoms with Gasteiger partial charge in [0.25, 0.3) is 5.91 Å². The van der Waals surface area contributed by atoms with Gasteiger partial charge in [0.1, 0.15) is 5.82 Å². The number of rotatable bonds is 10. The van der Waals surface area contributed by atoms with Crippen LogP contribution in [0.3, 0.4) is 0 Å². The molecule has 0 aliphatic heterocycles. The molecule has 1 unspecified atom stereocenters. The number of ether oxygens (including phenoxy) is 1. The van der Waals surface area contributed by atoms with E-state index in [1.165, 1.54) is 55.6 Å². The molecule has 7 nitrogen and oxygen atoms in total. The van der Waals surface area contributed by atoms with Crippen molar-refractivity contribution in [1.82, 2.24) is 10.0 Å². The molecular weight excluding hydrogens is 467 g/mol. The molecule has 0 spiro atoms. The number of carbonyl (C=O) groups excluding carboxylic acids is 2. The number of amides is 1. The van der Waals surface area contributed by atoms with Gasteiger partial charge in [-0.05, 0) is 59.8 Å². The standard InChI is InChI=1S/C23H23FN2O5S2/c1-31-22(27)15-21(16-4-8-18(24)9-5-16)26-23(28)17-6-10-20(11-7-17)33(29,30)25-13-12-19-3-2-14-32-19/h2-11,14,21,25H,12-13,15H2,1H3,(H,26,28). The van der Waals surface area contributed by atoms with Crippen LogP contribution < -0.4 is 10.0 Å². The molecule has 0 radical (unpaired) electrons. The molecule has 0 saturated carbocycles. The van der Waals surface area contributed by atoms with Crippen molar-refractivity contribution in [2.75, 3.05) is 13.7 Å². The van der Waals surface area contributed by atoms with Crippen molar-refractivity contribution >= 4 is 33.2 Å². The monoisotopic (exact) mass is 490 g/mol. The average molecular weight is 491 g/mol. The highest BCUT2D eigenvalue weighted by molar-refractivity contribution is 7.89. The van der Waals surface area contributed by atoms with Crippen molar-refractivity contribution in [2.45, 2.75) is 23.8 Å². The molecule has 0 saturated heterocycles. The third-order valence-corrected chi connectivity index (χ3v) is 7.26. The van der Waals surface area contributed by atoms with E-state index in [1.54, 1.807) is 11.3 Å². The Bertz CT molecular complexity index is 1180. The van der Waals surface area contributed by atoms with Crippen LogP contribution in [-0.4, -0.2) is 33.9 Å². The Morgan fingerprint density at radius 1 is 1.06 bits per heavy atom. The minimum Gasteiger partial charge on any atom is -0.469 e. The van der Waals surface area contributed by atoms with Crippen molar-refractivity contribution in [3.63, 3.8) is 0 Å². The third-order valence-electron chi connectivity index (χ3n) is 4.85. The number of hydrogen-bond acceptors (Lipinski definition) is 6. The number of methoxy groups -OCH3 is 1. The highest BCUT2D eigenvalue weighted by Gasteiger charge is 2.21. The zero-order chi connectivity index (χ0) is 23.8. The van der Waals surface area contributed by atoms with E-state index in [9.17, 15) is 22.4 Å². The van der Waals surface area contributed by atoms with Gasteiger partial charge in [-0.25, -0.2) is 17.5 Å². The molecular formula is C23H23FN2O5S2. The number of esters is 1. The molecule has 3 rings (SSSR count). The Labute approximate surface area is 195 Å². The van der Waals surface area contributed by atoms with Crippen LogP contribution in [0.15, 0.2) is 70.9 Å². The molecule has 1 amide bonds. The first-order chi connectivity index (χ1) is 15.8. The minimum absolute atomic E-state index is 0.0369. The summed E-state index contributed by atoms with van der Waals surface area (Å²) in [6.07, 6.45) is 0.441. The van der Waals surface area contributed by atoms with Gasteiger partial charge in [0.2, 0.25) is 10.0 Å². The summed E-state index contributed by atoms with van der Waals surface area (Å²) in [7, 11) is -2.48. The molecule has 10 heteroatoms. The van der Waals surface area contributed by atoms with Crippen LogP contribution in [0.1, 0.15) is 33.3 Å². The van der Waals surface area contributed by atoms with E-state index in [4.69, 9.17) is 0 Å². The van der Waals surface area contributed by atoms with Crippen LogP contribution in [-0.2, 0) is 26.0 Å². The smallest absolute Gasteiger partial charge is 0.307 e. The van der Waals surface area contributed by atoms with Crippen molar-refractivity contribution in [3.8, 4) is 0 Å². The van der Waals surface area contributed by atoms with Gasteiger partial charge in [0.05, 0.1) is 24.5 Å². The third kappa shape index (κ3) is 6.95. The quantitative estimate of drug-likeness (QED) is 0.424. The number of carbonyl (C=O) groups is 2. The lowest BCUT2D eigenvalue weighted by Crippen LogP contribution is -2.30. The molecule has 3 aromatic rings. The molecule has 0 fully saturated rings. The van der Waals surface area contributed by atoms with Crippen LogP contribution in [0.5, 0.6) is 0 Å². The fourth-order valence-electron chi connectivity index (χ4n) is 3.07. The Morgan fingerprint density at radius 3 is 2.36 bits per heavy atom. The predicted molar refractivity (Wildman–Crippen MR) is 123 cm³/mol. The molecule has 1 heterocycles. The van der Waals surface area contributed by atoms with Gasteiger partial charge in [-0.1, -0.05) is 18.2 Å². The van der Waals surface area contributed by atoms with Gasteiger partial charge in [-0.2, -0.15) is 0 Å². The summed E-state index contributed by atoms with van der Waals surface area (Å²) in [4.78, 5) is 25.6. The second kappa shape index (κ2) is 11.2. The topological polar surface area (TPSA) is 102 Å². The summed E-state index contributed by atoms with van der Waals surface area (Å²) < 4.78 is 45.5. The molecule has 0 bridgehead atoms. The van der Waals surface area contributed by atoms with Crippen LogP contribution >= 0.6 is 11.3 Å². The first kappa shape index (κ1) is 24.6. The van der Waals surface area contributed by atoms with E-state index in [1.807, 2.05) is 17.5 Å². The molecule has 0 aliphatic rings. The Kier molecular flexibility index (Phi) is 8.32. The minimum atomic E-state index is -3.72. The summed E-state index contributed by atoms with van der Waals surface area (Å²) in [5, 5.41) is 4.65. The summed E-state index contributed by atoms with van der Waals surface area (Å²) in [5.74, 6) is -1.50. The van der Waals surface area contributed by atoms with Crippen LogP contribution in [0.2, 0.25) is 0 Å². The summed E-state index contributed by atoms with van der Waals surface area (Å²) in [6.45, 7) is 0.262. The fraction of sp³-hybridized carbons (Fsp3) is 0.217. The van der Waals surface area contributed by atoms with Gasteiger partial charge in [-0.3, -0.25) is 9.59 Å². The lowest BCUT2D eigenvalue weighted by Gasteiger charge is -2.18. The average Bonchev–Trinajstić information content (AvgIpc) is 3.32. The van der Waals surface area contributed by atoms with Gasteiger partial charge >= 0.3 is 5.97 Å². The highest BCUT2D eigenvalue weighted by Crippen LogP contribution is 2.19. The summed E-state index contributed by atoms with van der Waals surface area (Å²) in [6, 6.07) is 14.0. The van der Waals surface area contributed by atoms with Crippen molar-refractivity contribution in [2.24, 2.45) is 0 Å². The Morgan fingerprint density at radius 2 is 1.76 bits per heavy atom. The summed E-state index contributed by atoms with van der Waals surface area (Å²) >= 11 is 1.56. The van der Waals surface area contributed by atoms with Crippen LogP contribution in [0.25, 0.3) is 0 Å². The SMILES string of the molecule is COC(=O)CC(NC(=O)c1ccc(S(=O)(=O)NCCc2cccs2)cc1)c1ccc(F)cc1. The second-order valence-corrected chi connectivity index (χ2v) is 9.91. The fourth-order valence-corrected chi connectivity index (χ4v) is 4.81. The van der Waals surface area contributed by atoms with Gasteiger partial charge in [-0.15, -0.1) is 11.3 Å². The number of benzene rings is 2. The summed E-state index contributed by atoms with van der Waals surface area (Å²) in [5.41, 5.74) is 0.744. The van der Waals surface area contributed by atoms with Gasteiger partial charge in [0, 0.05) is 17.0 Å². The van der Waals surface area contributed by atoms with E-state index in [0.29, 0.717) is 12.0 Å². The molecule has 1 atom stereocenters. The van der Waals surface area contributed by atoms with Crippen LogP contribution in [0.4, 0.5) is 4.39 Å². The maximum Gasteiger partial charge on any atom is 0.307 e. The van der Waals surface area contributed by atoms with E-state index in [0.717, 1.165) is 4.88 Å². The van der Waals surface area contributed by atoms with Crippen LogP contribution in [0, 0.1) is 5.82 Å². The molecule has 2 N–H and O–H groups in total. The van der Waals surface area contributed by atoms with E-state index in [-0.39, 0.29) is 23.4 Å². The molecule has 1 aromatic heterocycles. The van der Waals surface area contributed by atoms with Crippen molar-refractivity contribution < 1.29 is 27.1 Å². The van der Waals surface area contributed by atoms with Crippen molar-refractivity contribution in [3.05, 3.63) is 87.9 Å². The van der Waals surface area contributed by atoms with E-state index < -0.39 is 33.8 Å². The molecule has 174 valence electrons. The largest absolute Gasteiger partial charge is 0.469 e. The first-order valence-corrected chi connectivity index (χ1v) is 12.4. The predicted octanol–water partition coefficient (Wildman–Crippen LogP) is 3.44. The molecule has 33 heavy (non-hydrogen) atoms. The number of nitrogens with one attached hydrogen (secondary N) is 2. The van der Waals surface area contributed by atoms with E-state index in [2.05, 4.69) is 14.8 Å². The zero-order valence-electron chi connectivity index (χ0n) is 17.8. The van der Waals surface area contributed by atoms with Gasteiger partial charge < -0.3 is 10.1 Å². The Balaban J connectivity index is 1.67. The van der Waals surface area contributed by atoms with E-state index >= 15 is 0 Å². The lowest BCUT2D eigenvalue weighted by atomic mass is 10.0. The first-order valence-electron chi connectivity index (χ1n) is 10.0. The number of halogens is 1. The second-order valence-electron chi connectivity index (χ2n) is 7.11. The van der Waals surface area contributed by atoms with Gasteiger partial charge in [0.15, 0.2) is 0 Å². The maximum absolute atomic E-state index is 13.3.